The van der Waals surface area contributed by atoms with Crippen LogP contribution >= 0.6 is 24.0 Å². The molecule has 0 amide bonds. The summed E-state index contributed by atoms with van der Waals surface area (Å²) in [6.07, 6.45) is 0.483. The van der Waals surface area contributed by atoms with Crippen LogP contribution in [0.1, 0.15) is 38.3 Å². The Bertz CT molecular complexity index is 700. The lowest BCUT2D eigenvalue weighted by atomic mass is 9.87. The highest BCUT2D eigenvalue weighted by Crippen LogP contribution is 2.39. The monoisotopic (exact) mass is 379 g/mol. The molecule has 3 N–H and O–H groups in total. The molecule has 0 spiro atoms. The lowest BCUT2D eigenvalue weighted by Gasteiger charge is -2.29. The summed E-state index contributed by atoms with van der Waals surface area (Å²) >= 11 is 6.66. The van der Waals surface area contributed by atoms with Crippen LogP contribution in [-0.4, -0.2) is 35.1 Å². The topological polar surface area (TPSA) is 68.9 Å². The zero-order chi connectivity index (χ0) is 18.2. The average Bonchev–Trinajstić information content (AvgIpc) is 2.94. The maximum atomic E-state index is 5.97. The van der Waals surface area contributed by atoms with Crippen molar-refractivity contribution in [2.24, 2.45) is 10.8 Å². The third kappa shape index (κ3) is 4.34. The first-order valence-electron chi connectivity index (χ1n) is 8.41. The van der Waals surface area contributed by atoms with Gasteiger partial charge in [0.2, 0.25) is 0 Å². The second-order valence-electron chi connectivity index (χ2n) is 7.51. The highest BCUT2D eigenvalue weighted by atomic mass is 32.2. The van der Waals surface area contributed by atoms with Gasteiger partial charge in [-0.1, -0.05) is 32.9 Å². The van der Waals surface area contributed by atoms with E-state index in [1.54, 1.807) is 0 Å². The number of fused-ring (bicyclic) bond motifs is 2. The fourth-order valence-corrected chi connectivity index (χ4v) is 4.29. The predicted molar refractivity (Wildman–Crippen MR) is 106 cm³/mol. The van der Waals surface area contributed by atoms with Crippen molar-refractivity contribution in [1.82, 2.24) is 5.43 Å². The van der Waals surface area contributed by atoms with E-state index >= 15 is 0 Å². The van der Waals surface area contributed by atoms with E-state index in [0.717, 1.165) is 12.1 Å². The van der Waals surface area contributed by atoms with E-state index < -0.39 is 0 Å². The van der Waals surface area contributed by atoms with Gasteiger partial charge in [0.05, 0.1) is 18.4 Å². The third-order valence-electron chi connectivity index (χ3n) is 4.45. The summed E-state index contributed by atoms with van der Waals surface area (Å²) < 4.78 is 11.7. The van der Waals surface area contributed by atoms with Gasteiger partial charge in [-0.3, -0.25) is 5.43 Å². The quantitative estimate of drug-likeness (QED) is 0.621. The van der Waals surface area contributed by atoms with Crippen molar-refractivity contribution in [3.05, 3.63) is 29.3 Å². The molecule has 7 heteroatoms. The van der Waals surface area contributed by atoms with Crippen molar-refractivity contribution in [3.8, 4) is 0 Å². The van der Waals surface area contributed by atoms with E-state index in [4.69, 9.17) is 27.4 Å². The summed E-state index contributed by atoms with van der Waals surface area (Å²) in [6.45, 7) is 9.44. The molecule has 25 heavy (non-hydrogen) atoms. The molecule has 2 fully saturated rings. The molecule has 2 aliphatic heterocycles. The molecule has 3 atom stereocenters. The Labute approximate surface area is 158 Å². The van der Waals surface area contributed by atoms with Crippen LogP contribution in [0.3, 0.4) is 0 Å². The summed E-state index contributed by atoms with van der Waals surface area (Å²) in [5.41, 5.74) is 11.7. The zero-order valence-electron chi connectivity index (χ0n) is 15.0. The second-order valence-corrected chi connectivity index (χ2v) is 9.23. The van der Waals surface area contributed by atoms with E-state index in [9.17, 15) is 0 Å². The Balaban J connectivity index is 1.80. The molecule has 5 nitrogen and oxygen atoms in total. The van der Waals surface area contributed by atoms with Crippen molar-refractivity contribution in [2.75, 3.05) is 6.61 Å². The van der Waals surface area contributed by atoms with Crippen molar-refractivity contribution in [1.29, 1.82) is 0 Å². The molecule has 3 rings (SSSR count). The number of rotatable bonds is 3. The number of hydrogen-bond donors (Lipinski definition) is 2. The van der Waals surface area contributed by atoms with Crippen LogP contribution < -0.4 is 11.2 Å². The van der Waals surface area contributed by atoms with Crippen LogP contribution in [0, 0.1) is 6.92 Å². The molecule has 2 bridgehead atoms. The third-order valence-corrected chi connectivity index (χ3v) is 6.01. The molecule has 3 unspecified atom stereocenters. The van der Waals surface area contributed by atoms with Crippen molar-refractivity contribution in [2.45, 2.75) is 62.1 Å². The standard InChI is InChI=1S/C18H25N3O2S2/c1-10-5-6-11(18(2,3)4)7-14(10)25-15-8-12(20-21-17(19)24)16-22-9-13(15)23-16/h5-7,13,15-16H,8-9H2,1-4H3,(H3,19,21,24). The molecule has 1 aromatic rings. The molecule has 2 aliphatic rings. The van der Waals surface area contributed by atoms with Crippen LogP contribution in [0.4, 0.5) is 0 Å². The molecule has 0 aromatic heterocycles. The number of aryl methyl sites for hydroxylation is 1. The molecule has 2 saturated heterocycles. The SMILES string of the molecule is Cc1ccc(C(C)(C)C)cc1SC1CC(=NNC(N)=S)C2OCC1O2. The van der Waals surface area contributed by atoms with Gasteiger partial charge in [-0.2, -0.15) is 5.10 Å². The van der Waals surface area contributed by atoms with E-state index in [1.807, 2.05) is 11.8 Å². The van der Waals surface area contributed by atoms with Gasteiger partial charge < -0.3 is 15.2 Å². The Morgan fingerprint density at radius 1 is 1.40 bits per heavy atom. The molecule has 0 radical (unpaired) electrons. The summed E-state index contributed by atoms with van der Waals surface area (Å²) in [7, 11) is 0. The van der Waals surface area contributed by atoms with Gasteiger partial charge in [0.1, 0.15) is 0 Å². The molecule has 2 heterocycles. The summed E-state index contributed by atoms with van der Waals surface area (Å²) in [5.74, 6) is 0. The lowest BCUT2D eigenvalue weighted by molar-refractivity contribution is -0.0150. The Morgan fingerprint density at radius 3 is 2.84 bits per heavy atom. The molecule has 0 aliphatic carbocycles. The van der Waals surface area contributed by atoms with Gasteiger partial charge in [0, 0.05) is 16.6 Å². The van der Waals surface area contributed by atoms with Crippen LogP contribution in [0.5, 0.6) is 0 Å². The van der Waals surface area contributed by atoms with Gasteiger partial charge in [-0.05, 0) is 41.7 Å². The van der Waals surface area contributed by atoms with Gasteiger partial charge >= 0.3 is 0 Å². The Hall–Kier alpha value is -1.15. The number of nitrogens with one attached hydrogen (secondary N) is 1. The van der Waals surface area contributed by atoms with Crippen molar-refractivity contribution in [3.63, 3.8) is 0 Å². The molecule has 0 saturated carbocycles. The number of ether oxygens (including phenoxy) is 2. The van der Waals surface area contributed by atoms with Crippen molar-refractivity contribution < 1.29 is 9.47 Å². The number of thiocarbonyl (C=S) groups is 1. The molecular weight excluding hydrogens is 354 g/mol. The maximum absolute atomic E-state index is 5.97. The summed E-state index contributed by atoms with van der Waals surface area (Å²) in [6, 6.07) is 6.71. The first kappa shape index (κ1) is 18.6. The minimum absolute atomic E-state index is 0.0801. The first-order valence-corrected chi connectivity index (χ1v) is 9.69. The maximum Gasteiger partial charge on any atom is 0.199 e. The summed E-state index contributed by atoms with van der Waals surface area (Å²) in [5, 5.41) is 4.66. The fourth-order valence-electron chi connectivity index (χ4n) is 2.92. The lowest BCUT2D eigenvalue weighted by Crippen LogP contribution is -2.39. The molecule has 1 aromatic carbocycles. The average molecular weight is 380 g/mol. The number of benzene rings is 1. The smallest absolute Gasteiger partial charge is 0.199 e. The minimum atomic E-state index is -0.384. The second kappa shape index (κ2) is 7.23. The molecule has 136 valence electrons. The Kier molecular flexibility index (Phi) is 5.39. The Morgan fingerprint density at radius 2 is 2.16 bits per heavy atom. The number of thioether (sulfide) groups is 1. The highest BCUT2D eigenvalue weighted by Gasteiger charge is 2.42. The van der Waals surface area contributed by atoms with E-state index in [0.29, 0.717) is 6.61 Å². The first-order chi connectivity index (χ1) is 11.7. The van der Waals surface area contributed by atoms with E-state index in [-0.39, 0.29) is 28.2 Å². The number of nitrogens with zero attached hydrogens (tertiary/aromatic N) is 1. The summed E-state index contributed by atoms with van der Waals surface area (Å²) in [4.78, 5) is 1.29. The number of nitrogens with two attached hydrogens (primary N) is 1. The molecular formula is C18H25N3O2S2. The van der Waals surface area contributed by atoms with Crippen LogP contribution in [0.2, 0.25) is 0 Å². The number of hydrazone groups is 1. The van der Waals surface area contributed by atoms with E-state index in [2.05, 4.69) is 56.4 Å². The van der Waals surface area contributed by atoms with Gasteiger partial charge in [-0.15, -0.1) is 11.8 Å². The fraction of sp³-hybridized carbons (Fsp3) is 0.556. The number of hydrogen-bond acceptors (Lipinski definition) is 5. The van der Waals surface area contributed by atoms with Crippen LogP contribution in [0.15, 0.2) is 28.2 Å². The normalized spacial score (nSPS) is 27.5. The van der Waals surface area contributed by atoms with Gasteiger partial charge in [0.25, 0.3) is 0 Å². The zero-order valence-corrected chi connectivity index (χ0v) is 16.7. The largest absolute Gasteiger partial charge is 0.375 e. The predicted octanol–water partition coefficient (Wildman–Crippen LogP) is 3.09. The minimum Gasteiger partial charge on any atom is -0.375 e. The van der Waals surface area contributed by atoms with Crippen molar-refractivity contribution >= 4 is 34.8 Å². The van der Waals surface area contributed by atoms with E-state index in [1.165, 1.54) is 16.0 Å². The van der Waals surface area contributed by atoms with Gasteiger partial charge in [0.15, 0.2) is 11.4 Å². The van der Waals surface area contributed by atoms with Crippen LogP contribution in [0.25, 0.3) is 0 Å². The highest BCUT2D eigenvalue weighted by molar-refractivity contribution is 8.00. The van der Waals surface area contributed by atoms with Crippen LogP contribution in [-0.2, 0) is 14.9 Å². The van der Waals surface area contributed by atoms with Gasteiger partial charge in [-0.25, -0.2) is 0 Å².